The summed E-state index contributed by atoms with van der Waals surface area (Å²) in [6.07, 6.45) is 1.21. The molecule has 2 aromatic rings. The van der Waals surface area contributed by atoms with E-state index in [1.807, 2.05) is 55.5 Å². The fourth-order valence-corrected chi connectivity index (χ4v) is 3.33. The van der Waals surface area contributed by atoms with Crippen molar-refractivity contribution in [2.24, 2.45) is 0 Å². The molecule has 0 bridgehead atoms. The molecular weight excluding hydrogens is 372 g/mol. The van der Waals surface area contributed by atoms with E-state index in [0.717, 1.165) is 16.2 Å². The monoisotopic (exact) mass is 392 g/mol. The number of carbonyl (C=O) groups is 2. The molecule has 7 heteroatoms. The molecule has 0 aliphatic carbocycles. The third-order valence-corrected chi connectivity index (χ3v) is 4.92. The van der Waals surface area contributed by atoms with Gasteiger partial charge in [0.25, 0.3) is 0 Å². The second kappa shape index (κ2) is 10.2. The van der Waals surface area contributed by atoms with Gasteiger partial charge in [-0.2, -0.15) is 0 Å². The Morgan fingerprint density at radius 2 is 1.85 bits per heavy atom. The summed E-state index contributed by atoms with van der Waals surface area (Å²) in [5.41, 5.74) is 0.682. The fraction of sp³-hybridized carbons (Fsp3) is 0.263. The van der Waals surface area contributed by atoms with Crippen LogP contribution < -0.4 is 10.6 Å². The van der Waals surface area contributed by atoms with E-state index in [1.165, 1.54) is 11.8 Å². The molecule has 1 atom stereocenters. The number of halogens is 1. The normalized spacial score (nSPS) is 11.8. The van der Waals surface area contributed by atoms with Crippen LogP contribution >= 0.6 is 23.4 Å². The number of nitrogens with one attached hydrogen (secondary N) is 2. The number of amides is 1. The Balaban J connectivity index is 1.99. The Bertz CT molecular complexity index is 753. The quantitative estimate of drug-likeness (QED) is 0.593. The molecule has 2 aromatic carbocycles. The van der Waals surface area contributed by atoms with Crippen molar-refractivity contribution in [3.63, 3.8) is 0 Å². The van der Waals surface area contributed by atoms with E-state index in [4.69, 9.17) is 16.7 Å². The molecule has 138 valence electrons. The number of hydrogen-bond acceptors (Lipinski definition) is 4. The maximum absolute atomic E-state index is 12.2. The van der Waals surface area contributed by atoms with Crippen LogP contribution in [0.3, 0.4) is 0 Å². The molecule has 0 aliphatic rings. The molecule has 0 radical (unpaired) electrons. The zero-order chi connectivity index (χ0) is 18.9. The third-order valence-electron chi connectivity index (χ3n) is 3.59. The van der Waals surface area contributed by atoms with Crippen LogP contribution in [0.15, 0.2) is 58.3 Å². The van der Waals surface area contributed by atoms with E-state index >= 15 is 0 Å². The summed E-state index contributed by atoms with van der Waals surface area (Å²) in [5, 5.41) is 15.4. The van der Waals surface area contributed by atoms with Gasteiger partial charge >= 0.3 is 5.97 Å². The predicted molar refractivity (Wildman–Crippen MR) is 105 cm³/mol. The first-order valence-corrected chi connectivity index (χ1v) is 9.47. The van der Waals surface area contributed by atoms with Gasteiger partial charge in [0, 0.05) is 14.8 Å². The van der Waals surface area contributed by atoms with Crippen LogP contribution in [0.1, 0.15) is 19.8 Å². The Morgan fingerprint density at radius 1 is 1.15 bits per heavy atom. The van der Waals surface area contributed by atoms with Crippen molar-refractivity contribution in [3.8, 4) is 0 Å². The van der Waals surface area contributed by atoms with Gasteiger partial charge in [-0.3, -0.25) is 14.9 Å². The minimum absolute atomic E-state index is 0.0586. The van der Waals surface area contributed by atoms with E-state index in [9.17, 15) is 9.59 Å². The van der Waals surface area contributed by atoms with E-state index in [1.54, 1.807) is 0 Å². The number of anilines is 1. The number of benzene rings is 2. The van der Waals surface area contributed by atoms with Gasteiger partial charge in [0.1, 0.15) is 6.04 Å². The third kappa shape index (κ3) is 6.37. The standard InChI is InChI=1S/C19H21ClN2O3S/c1-2-5-16(19(24)25)21-12-18(23)22-15-6-3-4-7-17(15)26-14-10-8-13(20)9-11-14/h3-4,6-11,16,21H,2,5,12H2,1H3,(H,22,23)(H,24,25). The highest BCUT2D eigenvalue weighted by Crippen LogP contribution is 2.33. The maximum Gasteiger partial charge on any atom is 0.320 e. The Hall–Kier alpha value is -2.02. The molecule has 0 aromatic heterocycles. The number of carbonyl (C=O) groups excluding carboxylic acids is 1. The topological polar surface area (TPSA) is 78.4 Å². The van der Waals surface area contributed by atoms with Crippen LogP contribution in [0.4, 0.5) is 5.69 Å². The number of hydrogen-bond donors (Lipinski definition) is 3. The van der Waals surface area contributed by atoms with Gasteiger partial charge in [0.05, 0.1) is 12.2 Å². The molecule has 3 N–H and O–H groups in total. The molecule has 26 heavy (non-hydrogen) atoms. The lowest BCUT2D eigenvalue weighted by Gasteiger charge is -2.14. The molecule has 5 nitrogen and oxygen atoms in total. The van der Waals surface area contributed by atoms with Crippen molar-refractivity contribution in [3.05, 3.63) is 53.6 Å². The first-order chi connectivity index (χ1) is 12.5. The highest BCUT2D eigenvalue weighted by atomic mass is 35.5. The fourth-order valence-electron chi connectivity index (χ4n) is 2.30. The minimum atomic E-state index is -0.946. The number of para-hydroxylation sites is 1. The SMILES string of the molecule is CCCC(NCC(=O)Nc1ccccc1Sc1ccc(Cl)cc1)C(=O)O. The van der Waals surface area contributed by atoms with E-state index in [-0.39, 0.29) is 12.5 Å². The van der Waals surface area contributed by atoms with Crippen molar-refractivity contribution in [2.45, 2.75) is 35.6 Å². The lowest BCUT2D eigenvalue weighted by Crippen LogP contribution is -2.41. The van der Waals surface area contributed by atoms with Crippen molar-refractivity contribution in [1.82, 2.24) is 5.32 Å². The summed E-state index contributed by atoms with van der Waals surface area (Å²) in [6.45, 7) is 1.85. The van der Waals surface area contributed by atoms with Gasteiger partial charge < -0.3 is 10.4 Å². The number of carboxylic acid groups (broad SMARTS) is 1. The lowest BCUT2D eigenvalue weighted by atomic mass is 10.2. The van der Waals surface area contributed by atoms with Gasteiger partial charge in [0.2, 0.25) is 5.91 Å². The van der Waals surface area contributed by atoms with Crippen molar-refractivity contribution < 1.29 is 14.7 Å². The Kier molecular flexibility index (Phi) is 7.97. The number of aliphatic carboxylic acids is 1. The summed E-state index contributed by atoms with van der Waals surface area (Å²) in [5.74, 6) is -1.23. The van der Waals surface area contributed by atoms with Crippen molar-refractivity contribution >= 4 is 40.9 Å². The molecule has 0 heterocycles. The van der Waals surface area contributed by atoms with Crippen LogP contribution in [-0.4, -0.2) is 29.6 Å². The highest BCUT2D eigenvalue weighted by molar-refractivity contribution is 7.99. The first kappa shape index (κ1) is 20.3. The van der Waals surface area contributed by atoms with Crippen LogP contribution in [0, 0.1) is 0 Å². The minimum Gasteiger partial charge on any atom is -0.480 e. The zero-order valence-corrected chi connectivity index (χ0v) is 15.9. The van der Waals surface area contributed by atoms with Crippen LogP contribution in [0.5, 0.6) is 0 Å². The van der Waals surface area contributed by atoms with Gasteiger partial charge in [0.15, 0.2) is 0 Å². The molecule has 0 fully saturated rings. The van der Waals surface area contributed by atoms with E-state index in [2.05, 4.69) is 10.6 Å². The van der Waals surface area contributed by atoms with Gasteiger partial charge in [-0.1, -0.05) is 48.8 Å². The molecule has 0 aliphatic heterocycles. The summed E-state index contributed by atoms with van der Waals surface area (Å²) in [6, 6.07) is 14.2. The summed E-state index contributed by atoms with van der Waals surface area (Å²) >= 11 is 7.42. The van der Waals surface area contributed by atoms with Crippen LogP contribution in [0.2, 0.25) is 5.02 Å². The van der Waals surface area contributed by atoms with Crippen LogP contribution in [0.25, 0.3) is 0 Å². The number of rotatable bonds is 9. The van der Waals surface area contributed by atoms with Crippen molar-refractivity contribution in [2.75, 3.05) is 11.9 Å². The molecule has 1 amide bonds. The zero-order valence-electron chi connectivity index (χ0n) is 14.4. The smallest absolute Gasteiger partial charge is 0.320 e. The molecular formula is C19H21ClN2O3S. The van der Waals surface area contributed by atoms with E-state index < -0.39 is 12.0 Å². The van der Waals surface area contributed by atoms with Gasteiger partial charge in [-0.25, -0.2) is 0 Å². The largest absolute Gasteiger partial charge is 0.480 e. The Labute approximate surface area is 162 Å². The first-order valence-electron chi connectivity index (χ1n) is 8.28. The highest BCUT2D eigenvalue weighted by Gasteiger charge is 2.17. The molecule has 0 saturated heterocycles. The lowest BCUT2D eigenvalue weighted by molar-refractivity contribution is -0.139. The maximum atomic E-state index is 12.2. The predicted octanol–water partition coefficient (Wildman–Crippen LogP) is 4.27. The molecule has 0 spiro atoms. The van der Waals surface area contributed by atoms with Crippen molar-refractivity contribution in [1.29, 1.82) is 0 Å². The average Bonchev–Trinajstić information content (AvgIpc) is 2.62. The summed E-state index contributed by atoms with van der Waals surface area (Å²) in [7, 11) is 0. The van der Waals surface area contributed by atoms with Gasteiger partial charge in [-0.05, 0) is 42.8 Å². The second-order valence-electron chi connectivity index (χ2n) is 5.66. The van der Waals surface area contributed by atoms with Gasteiger partial charge in [-0.15, -0.1) is 0 Å². The molecule has 2 rings (SSSR count). The second-order valence-corrected chi connectivity index (χ2v) is 7.21. The molecule has 0 saturated carbocycles. The summed E-state index contributed by atoms with van der Waals surface area (Å²) < 4.78 is 0. The van der Waals surface area contributed by atoms with E-state index in [0.29, 0.717) is 17.1 Å². The number of carboxylic acids is 1. The average molecular weight is 393 g/mol. The summed E-state index contributed by atoms with van der Waals surface area (Å²) in [4.78, 5) is 25.2. The van der Waals surface area contributed by atoms with Crippen LogP contribution in [-0.2, 0) is 9.59 Å². The Morgan fingerprint density at radius 3 is 2.50 bits per heavy atom. The molecule has 1 unspecified atom stereocenters.